The zero-order chi connectivity index (χ0) is 26.5. The molecule has 38 heavy (non-hydrogen) atoms. The van der Waals surface area contributed by atoms with E-state index >= 15 is 0 Å². The van der Waals surface area contributed by atoms with Crippen molar-refractivity contribution in [2.45, 2.75) is 4.90 Å². The normalized spacial score (nSPS) is 11.1. The number of sulfonamides is 1. The summed E-state index contributed by atoms with van der Waals surface area (Å²) in [5, 5.41) is 4.97. The molecular formula is C28H20FN3O4S2. The van der Waals surface area contributed by atoms with E-state index in [1.165, 1.54) is 23.5 Å². The van der Waals surface area contributed by atoms with E-state index in [4.69, 9.17) is 4.74 Å². The van der Waals surface area contributed by atoms with E-state index in [0.29, 0.717) is 16.6 Å². The summed E-state index contributed by atoms with van der Waals surface area (Å²) in [4.78, 5) is 17.2. The van der Waals surface area contributed by atoms with Crippen molar-refractivity contribution >= 4 is 38.1 Å². The van der Waals surface area contributed by atoms with E-state index in [1.807, 2.05) is 60.0 Å². The standard InChI is InChI=1S/C28H20FN3O4S2/c29-21-11-15-25(16-12-21)38(34,35)32-22-6-4-5-20(17-22)27(33)31-28-30-26(18-37-28)19-9-13-24(14-10-19)36-23-7-2-1-3-8-23/h1-18,32H,(H,30,31,33). The lowest BCUT2D eigenvalue weighted by Gasteiger charge is -2.09. The van der Waals surface area contributed by atoms with Crippen LogP contribution in [0.25, 0.3) is 11.3 Å². The summed E-state index contributed by atoms with van der Waals surface area (Å²) in [6.45, 7) is 0. The molecule has 0 spiro atoms. The molecule has 0 aliphatic heterocycles. The largest absolute Gasteiger partial charge is 0.457 e. The number of para-hydroxylation sites is 1. The van der Waals surface area contributed by atoms with Crippen LogP contribution in [0.2, 0.25) is 0 Å². The third-order valence-corrected chi connectivity index (χ3v) is 7.51. The van der Waals surface area contributed by atoms with E-state index in [9.17, 15) is 17.6 Å². The zero-order valence-electron chi connectivity index (χ0n) is 19.7. The molecule has 5 rings (SSSR count). The van der Waals surface area contributed by atoms with E-state index in [2.05, 4.69) is 15.0 Å². The molecule has 0 aliphatic carbocycles. The molecular weight excluding hydrogens is 525 g/mol. The van der Waals surface area contributed by atoms with Crippen LogP contribution >= 0.6 is 11.3 Å². The van der Waals surface area contributed by atoms with Crippen LogP contribution in [0, 0.1) is 5.82 Å². The minimum Gasteiger partial charge on any atom is -0.457 e. The van der Waals surface area contributed by atoms with Gasteiger partial charge in [0.2, 0.25) is 0 Å². The van der Waals surface area contributed by atoms with Crippen molar-refractivity contribution in [2.24, 2.45) is 0 Å². The Bertz CT molecular complexity index is 1670. The molecule has 1 aromatic heterocycles. The van der Waals surface area contributed by atoms with Crippen molar-refractivity contribution in [2.75, 3.05) is 10.0 Å². The monoisotopic (exact) mass is 545 g/mol. The minimum atomic E-state index is -3.95. The number of halogens is 1. The van der Waals surface area contributed by atoms with Crippen LogP contribution in [0.5, 0.6) is 11.5 Å². The maximum Gasteiger partial charge on any atom is 0.261 e. The van der Waals surface area contributed by atoms with Crippen LogP contribution in [-0.4, -0.2) is 19.3 Å². The Morgan fingerprint density at radius 2 is 1.55 bits per heavy atom. The Kier molecular flexibility index (Phi) is 7.16. The van der Waals surface area contributed by atoms with Gasteiger partial charge in [-0.3, -0.25) is 14.8 Å². The molecule has 7 nitrogen and oxygen atoms in total. The van der Waals surface area contributed by atoms with E-state index in [1.54, 1.807) is 12.1 Å². The minimum absolute atomic E-state index is 0.0938. The number of hydrogen-bond acceptors (Lipinski definition) is 6. The summed E-state index contributed by atoms with van der Waals surface area (Å²) in [5.41, 5.74) is 1.99. The number of nitrogens with zero attached hydrogens (tertiary/aromatic N) is 1. The van der Waals surface area contributed by atoms with Gasteiger partial charge in [0.25, 0.3) is 15.9 Å². The summed E-state index contributed by atoms with van der Waals surface area (Å²) < 4.78 is 46.5. The number of hydrogen-bond donors (Lipinski definition) is 2. The fraction of sp³-hybridized carbons (Fsp3) is 0. The SMILES string of the molecule is O=C(Nc1nc(-c2ccc(Oc3ccccc3)cc2)cs1)c1cccc(NS(=O)(=O)c2ccc(F)cc2)c1. The number of thiazole rings is 1. The van der Waals surface area contributed by atoms with E-state index in [0.717, 1.165) is 35.6 Å². The molecule has 1 amide bonds. The van der Waals surface area contributed by atoms with Crippen molar-refractivity contribution in [1.29, 1.82) is 0 Å². The first-order valence-electron chi connectivity index (χ1n) is 11.3. The van der Waals surface area contributed by atoms with Gasteiger partial charge in [0.05, 0.1) is 10.6 Å². The Morgan fingerprint density at radius 1 is 0.842 bits per heavy atom. The lowest BCUT2D eigenvalue weighted by Crippen LogP contribution is -2.15. The molecule has 1 heterocycles. The predicted octanol–water partition coefficient (Wildman–Crippen LogP) is 6.79. The van der Waals surface area contributed by atoms with E-state index in [-0.39, 0.29) is 16.1 Å². The first kappa shape index (κ1) is 25.1. The molecule has 0 saturated carbocycles. The van der Waals surface area contributed by atoms with Crippen LogP contribution < -0.4 is 14.8 Å². The number of aromatic nitrogens is 1. The lowest BCUT2D eigenvalue weighted by molar-refractivity contribution is 0.102. The summed E-state index contributed by atoms with van der Waals surface area (Å²) in [6.07, 6.45) is 0. The first-order valence-corrected chi connectivity index (χ1v) is 13.7. The van der Waals surface area contributed by atoms with Crippen molar-refractivity contribution in [3.63, 3.8) is 0 Å². The molecule has 0 unspecified atom stereocenters. The maximum atomic E-state index is 13.1. The Balaban J connectivity index is 1.24. The maximum absolute atomic E-state index is 13.1. The molecule has 0 bridgehead atoms. The molecule has 0 aliphatic rings. The number of carbonyl (C=O) groups excluding carboxylic acids is 1. The molecule has 0 saturated heterocycles. The van der Waals surface area contributed by atoms with Gasteiger partial charge in [0.1, 0.15) is 17.3 Å². The quantitative estimate of drug-likeness (QED) is 0.224. The van der Waals surface area contributed by atoms with Crippen LogP contribution in [0.1, 0.15) is 10.4 Å². The van der Waals surface area contributed by atoms with Crippen LogP contribution in [0.15, 0.2) is 113 Å². The van der Waals surface area contributed by atoms with Gasteiger partial charge < -0.3 is 4.74 Å². The molecule has 4 aromatic carbocycles. The highest BCUT2D eigenvalue weighted by atomic mass is 32.2. The zero-order valence-corrected chi connectivity index (χ0v) is 21.3. The summed E-state index contributed by atoms with van der Waals surface area (Å²) in [7, 11) is -3.95. The Morgan fingerprint density at radius 3 is 2.29 bits per heavy atom. The highest BCUT2D eigenvalue weighted by molar-refractivity contribution is 7.92. The Hall–Kier alpha value is -4.54. The van der Waals surface area contributed by atoms with Gasteiger partial charge >= 0.3 is 0 Å². The molecule has 0 atom stereocenters. The van der Waals surface area contributed by atoms with Gasteiger partial charge in [-0.1, -0.05) is 24.3 Å². The molecule has 190 valence electrons. The lowest BCUT2D eigenvalue weighted by atomic mass is 10.2. The van der Waals surface area contributed by atoms with Gasteiger partial charge in [0, 0.05) is 22.2 Å². The number of amides is 1. The molecule has 0 fully saturated rings. The van der Waals surface area contributed by atoms with Crippen molar-refractivity contribution in [3.8, 4) is 22.8 Å². The number of nitrogens with one attached hydrogen (secondary N) is 2. The third kappa shape index (κ3) is 6.05. The topological polar surface area (TPSA) is 97.4 Å². The van der Waals surface area contributed by atoms with Gasteiger partial charge in [-0.2, -0.15) is 0 Å². The summed E-state index contributed by atoms with van der Waals surface area (Å²) in [5.74, 6) is 0.451. The molecule has 5 aromatic rings. The second-order valence-corrected chi connectivity index (χ2v) is 10.6. The predicted molar refractivity (Wildman–Crippen MR) is 146 cm³/mol. The Labute approximate surface area is 222 Å². The van der Waals surface area contributed by atoms with Crippen LogP contribution in [0.4, 0.5) is 15.2 Å². The van der Waals surface area contributed by atoms with Crippen molar-refractivity contribution < 1.29 is 22.3 Å². The van der Waals surface area contributed by atoms with Gasteiger partial charge in [-0.05, 0) is 78.9 Å². The number of carbonyl (C=O) groups is 1. The van der Waals surface area contributed by atoms with Crippen molar-refractivity contribution in [1.82, 2.24) is 4.98 Å². The van der Waals surface area contributed by atoms with Crippen LogP contribution in [-0.2, 0) is 10.0 Å². The second kappa shape index (κ2) is 10.8. The van der Waals surface area contributed by atoms with Crippen molar-refractivity contribution in [3.05, 3.63) is 120 Å². The average molecular weight is 546 g/mol. The fourth-order valence-electron chi connectivity index (χ4n) is 3.50. The summed E-state index contributed by atoms with van der Waals surface area (Å²) >= 11 is 1.27. The molecule has 2 N–H and O–H groups in total. The van der Waals surface area contributed by atoms with Crippen LogP contribution in [0.3, 0.4) is 0 Å². The molecule has 0 radical (unpaired) electrons. The highest BCUT2D eigenvalue weighted by Crippen LogP contribution is 2.28. The van der Waals surface area contributed by atoms with Gasteiger partial charge in [0.15, 0.2) is 5.13 Å². The van der Waals surface area contributed by atoms with Gasteiger partial charge in [-0.15, -0.1) is 11.3 Å². The first-order chi connectivity index (χ1) is 18.4. The smallest absolute Gasteiger partial charge is 0.261 e. The average Bonchev–Trinajstić information content (AvgIpc) is 3.38. The fourth-order valence-corrected chi connectivity index (χ4v) is 5.27. The number of anilines is 2. The van der Waals surface area contributed by atoms with E-state index < -0.39 is 21.7 Å². The highest BCUT2D eigenvalue weighted by Gasteiger charge is 2.16. The number of ether oxygens (including phenoxy) is 1. The number of rotatable bonds is 8. The third-order valence-electron chi connectivity index (χ3n) is 5.35. The second-order valence-electron chi connectivity index (χ2n) is 8.07. The molecule has 10 heteroatoms. The van der Waals surface area contributed by atoms with Gasteiger partial charge in [-0.25, -0.2) is 17.8 Å². The number of benzene rings is 4. The summed E-state index contributed by atoms with van der Waals surface area (Å²) in [6, 6.07) is 27.4.